The van der Waals surface area contributed by atoms with Crippen LogP contribution in [-0.2, 0) is 20.9 Å². The fourth-order valence-electron chi connectivity index (χ4n) is 1.28. The summed E-state index contributed by atoms with van der Waals surface area (Å²) in [6.45, 7) is 4.29. The lowest BCUT2D eigenvalue weighted by Crippen LogP contribution is -2.24. The van der Waals surface area contributed by atoms with Crippen molar-refractivity contribution in [2.45, 2.75) is 39.4 Å². The van der Waals surface area contributed by atoms with E-state index in [2.05, 4.69) is 13.8 Å². The fraction of sp³-hybridized carbons (Fsp3) is 1.00. The Labute approximate surface area is 73.4 Å². The zero-order chi connectivity index (χ0) is 8.48. The van der Waals surface area contributed by atoms with Gasteiger partial charge in [-0.15, -0.1) is 0 Å². The monoisotopic (exact) mass is 194 g/mol. The van der Waals surface area contributed by atoms with E-state index in [1.54, 1.807) is 0 Å². The molecule has 0 spiro atoms. The first-order chi connectivity index (χ1) is 5.06. The first-order valence-corrected chi connectivity index (χ1v) is 6.84. The van der Waals surface area contributed by atoms with Gasteiger partial charge in [-0.25, -0.2) is 0 Å². The zero-order valence-corrected chi connectivity index (χ0v) is 8.95. The molecule has 66 valence electrons. The van der Waals surface area contributed by atoms with E-state index in [4.69, 9.17) is 20.9 Å². The van der Waals surface area contributed by atoms with E-state index in [0.29, 0.717) is 0 Å². The summed E-state index contributed by atoms with van der Waals surface area (Å²) in [4.78, 5) is 0. The van der Waals surface area contributed by atoms with Crippen LogP contribution in [0, 0.1) is 0 Å². The maximum absolute atomic E-state index is 5.60. The normalized spacial score (nSPS) is 45.7. The third-order valence-electron chi connectivity index (χ3n) is 1.73. The minimum Gasteiger partial charge on any atom is -0.326 e. The molecule has 11 heavy (non-hydrogen) atoms. The van der Waals surface area contributed by atoms with Crippen LogP contribution in [0.1, 0.15) is 27.2 Å². The van der Waals surface area contributed by atoms with Gasteiger partial charge in [-0.2, -0.15) is 0 Å². The molecule has 1 aliphatic heterocycles. The minimum absolute atomic E-state index is 0.282. The van der Waals surface area contributed by atoms with Crippen LogP contribution in [0.15, 0.2) is 0 Å². The third-order valence-corrected chi connectivity index (χ3v) is 5.16. The van der Waals surface area contributed by atoms with Gasteiger partial charge in [-0.05, 0) is 25.7 Å². The molecule has 1 aliphatic rings. The molecule has 0 radical (unpaired) electrons. The second-order valence-corrected chi connectivity index (χ2v) is 6.94. The Balaban J connectivity index is 2.63. The summed E-state index contributed by atoms with van der Waals surface area (Å²) in [5.41, 5.74) is 0. The molecule has 1 heterocycles. The van der Waals surface area contributed by atoms with Crippen LogP contribution in [0.5, 0.6) is 0 Å². The SMILES string of the molecule is CCP1(=S)OC(C)CC(C)O1. The average molecular weight is 194 g/mol. The van der Waals surface area contributed by atoms with Gasteiger partial charge < -0.3 is 9.05 Å². The van der Waals surface area contributed by atoms with Gasteiger partial charge in [-0.1, -0.05) is 6.92 Å². The van der Waals surface area contributed by atoms with Crippen LogP contribution in [0.3, 0.4) is 0 Å². The molecular weight excluding hydrogens is 179 g/mol. The molecular formula is C7H15O2PS. The Morgan fingerprint density at radius 1 is 1.36 bits per heavy atom. The highest BCUT2D eigenvalue weighted by Gasteiger charge is 2.29. The Bertz CT molecular complexity index is 169. The molecule has 0 aromatic rings. The number of rotatable bonds is 1. The molecule has 0 N–H and O–H groups in total. The Hall–Kier alpha value is 0.570. The molecule has 2 unspecified atom stereocenters. The highest BCUT2D eigenvalue weighted by Crippen LogP contribution is 2.54. The third kappa shape index (κ3) is 2.51. The van der Waals surface area contributed by atoms with Crippen molar-refractivity contribution in [2.24, 2.45) is 0 Å². The van der Waals surface area contributed by atoms with Crippen molar-refractivity contribution in [3.8, 4) is 0 Å². The van der Waals surface area contributed by atoms with Crippen molar-refractivity contribution in [3.05, 3.63) is 0 Å². The zero-order valence-electron chi connectivity index (χ0n) is 7.24. The first kappa shape index (κ1) is 9.66. The Kier molecular flexibility index (Phi) is 3.10. The Morgan fingerprint density at radius 2 is 1.82 bits per heavy atom. The van der Waals surface area contributed by atoms with Gasteiger partial charge in [0.1, 0.15) is 0 Å². The van der Waals surface area contributed by atoms with Crippen molar-refractivity contribution in [1.82, 2.24) is 0 Å². The molecule has 0 aromatic carbocycles. The lowest BCUT2D eigenvalue weighted by Gasteiger charge is -2.34. The average Bonchev–Trinajstić information content (AvgIpc) is 1.84. The van der Waals surface area contributed by atoms with Gasteiger partial charge in [0.15, 0.2) is 6.49 Å². The summed E-state index contributed by atoms with van der Waals surface area (Å²) >= 11 is 5.28. The molecule has 2 nitrogen and oxygen atoms in total. The van der Waals surface area contributed by atoms with E-state index in [-0.39, 0.29) is 12.2 Å². The molecule has 0 saturated carbocycles. The predicted molar refractivity (Wildman–Crippen MR) is 50.5 cm³/mol. The van der Waals surface area contributed by atoms with E-state index >= 15 is 0 Å². The van der Waals surface area contributed by atoms with E-state index in [1.807, 2.05) is 6.92 Å². The van der Waals surface area contributed by atoms with Crippen LogP contribution in [0.4, 0.5) is 0 Å². The lowest BCUT2D eigenvalue weighted by atomic mass is 10.2. The number of hydrogen-bond acceptors (Lipinski definition) is 3. The summed E-state index contributed by atoms with van der Waals surface area (Å²) in [5.74, 6) is 0. The molecule has 1 rings (SSSR count). The van der Waals surface area contributed by atoms with Crippen molar-refractivity contribution >= 4 is 18.3 Å². The molecule has 1 saturated heterocycles. The highest BCUT2D eigenvalue weighted by atomic mass is 32.5. The van der Waals surface area contributed by atoms with Crippen LogP contribution < -0.4 is 0 Å². The molecule has 1 fully saturated rings. The lowest BCUT2D eigenvalue weighted by molar-refractivity contribution is 0.0711. The smallest absolute Gasteiger partial charge is 0.188 e. The van der Waals surface area contributed by atoms with Gasteiger partial charge in [-0.3, -0.25) is 0 Å². The second-order valence-electron chi connectivity index (χ2n) is 2.99. The van der Waals surface area contributed by atoms with Gasteiger partial charge in [0, 0.05) is 12.6 Å². The van der Waals surface area contributed by atoms with E-state index in [0.717, 1.165) is 12.6 Å². The van der Waals surface area contributed by atoms with Gasteiger partial charge in [0.05, 0.1) is 12.2 Å². The molecule has 0 bridgehead atoms. The summed E-state index contributed by atoms with van der Waals surface area (Å²) in [6, 6.07) is 0. The molecule has 0 aliphatic carbocycles. The van der Waals surface area contributed by atoms with E-state index in [1.165, 1.54) is 0 Å². The molecule has 0 aromatic heterocycles. The van der Waals surface area contributed by atoms with Crippen molar-refractivity contribution in [3.63, 3.8) is 0 Å². The highest BCUT2D eigenvalue weighted by molar-refractivity contribution is 8.09. The summed E-state index contributed by atoms with van der Waals surface area (Å²) in [7, 11) is 0. The van der Waals surface area contributed by atoms with Crippen LogP contribution >= 0.6 is 6.49 Å². The largest absolute Gasteiger partial charge is 0.326 e. The molecule has 0 amide bonds. The fourth-order valence-corrected chi connectivity index (χ4v) is 3.77. The molecule has 4 heteroatoms. The van der Waals surface area contributed by atoms with Crippen LogP contribution in [0.25, 0.3) is 0 Å². The summed E-state index contributed by atoms with van der Waals surface area (Å²) in [5, 5.41) is 0. The standard InChI is InChI=1S/C7H15O2PS/c1-4-10(11)8-6(2)5-7(3)9-10/h6-7H,4-5H2,1-3H3. The quantitative estimate of drug-likeness (QED) is 0.597. The summed E-state index contributed by atoms with van der Waals surface area (Å²) in [6.07, 6.45) is 2.38. The maximum atomic E-state index is 5.60. The second kappa shape index (κ2) is 3.53. The molecule has 2 atom stereocenters. The van der Waals surface area contributed by atoms with E-state index < -0.39 is 6.49 Å². The van der Waals surface area contributed by atoms with Gasteiger partial charge in [0.2, 0.25) is 0 Å². The topological polar surface area (TPSA) is 18.5 Å². The van der Waals surface area contributed by atoms with Gasteiger partial charge >= 0.3 is 0 Å². The van der Waals surface area contributed by atoms with E-state index in [9.17, 15) is 0 Å². The predicted octanol–water partition coefficient (Wildman–Crippen LogP) is 2.53. The minimum atomic E-state index is -1.87. The van der Waals surface area contributed by atoms with Crippen molar-refractivity contribution in [1.29, 1.82) is 0 Å². The first-order valence-electron chi connectivity index (χ1n) is 4.01. The van der Waals surface area contributed by atoms with Crippen LogP contribution in [-0.4, -0.2) is 18.4 Å². The maximum Gasteiger partial charge on any atom is 0.188 e. The van der Waals surface area contributed by atoms with Crippen molar-refractivity contribution in [2.75, 3.05) is 6.16 Å². The van der Waals surface area contributed by atoms with Crippen LogP contribution in [0.2, 0.25) is 0 Å². The Morgan fingerprint density at radius 3 is 2.18 bits per heavy atom. The number of hydrogen-bond donors (Lipinski definition) is 0. The van der Waals surface area contributed by atoms with Gasteiger partial charge in [0.25, 0.3) is 0 Å². The van der Waals surface area contributed by atoms with Crippen molar-refractivity contribution < 1.29 is 9.05 Å². The summed E-state index contributed by atoms with van der Waals surface area (Å²) < 4.78 is 11.2.